The van der Waals surface area contributed by atoms with Crippen LogP contribution in [0.1, 0.15) is 101 Å². The first-order chi connectivity index (χ1) is 28.4. The van der Waals surface area contributed by atoms with Crippen molar-refractivity contribution in [3.05, 3.63) is 96.1 Å². The molecule has 4 N–H and O–H groups in total. The van der Waals surface area contributed by atoms with Crippen LogP contribution < -0.4 is 10.6 Å². The molecule has 4 fully saturated rings. The normalized spacial score (nSPS) is 19.9. The van der Waals surface area contributed by atoms with Gasteiger partial charge in [0.1, 0.15) is 13.1 Å². The first-order valence-electron chi connectivity index (χ1n) is 22.4. The van der Waals surface area contributed by atoms with Crippen LogP contribution in [-0.2, 0) is 22.4 Å². The monoisotopic (exact) mass is 855 g/mol. The highest BCUT2D eigenvalue weighted by atomic mass is 32.1. The Bertz CT molecular complexity index is 1660. The summed E-state index contributed by atoms with van der Waals surface area (Å²) in [6.45, 7) is 3.23. The molecule has 10 nitrogen and oxygen atoms in total. The molecule has 326 valence electrons. The molecule has 0 bridgehead atoms. The molecule has 0 aromatic heterocycles. The molecule has 2 atom stereocenters. The van der Waals surface area contributed by atoms with Crippen LogP contribution in [0.4, 0.5) is 11.4 Å². The molecule has 2 aliphatic heterocycles. The topological polar surface area (TPSA) is 119 Å². The lowest BCUT2D eigenvalue weighted by Crippen LogP contribution is -2.39. The molecule has 2 amide bonds. The lowest BCUT2D eigenvalue weighted by Gasteiger charge is -2.27. The molecular formula is C48H70N8O2S2. The third kappa shape index (κ3) is 13.4. The number of anilines is 2. The Morgan fingerprint density at radius 2 is 0.900 bits per heavy atom. The summed E-state index contributed by atoms with van der Waals surface area (Å²) in [7, 11) is 0. The summed E-state index contributed by atoms with van der Waals surface area (Å²) in [6.07, 6.45) is 19.8. The van der Waals surface area contributed by atoms with Gasteiger partial charge in [-0.25, -0.2) is 0 Å². The van der Waals surface area contributed by atoms with E-state index in [-0.39, 0.29) is 64.0 Å². The van der Waals surface area contributed by atoms with Gasteiger partial charge in [0.05, 0.1) is 12.1 Å². The van der Waals surface area contributed by atoms with Crippen LogP contribution in [0.25, 0.3) is 0 Å². The minimum absolute atomic E-state index is 0. The summed E-state index contributed by atoms with van der Waals surface area (Å²) >= 11 is 0. The molecule has 0 radical (unpaired) electrons. The summed E-state index contributed by atoms with van der Waals surface area (Å²) in [5.41, 5.74) is 3.80. The Balaban J connectivity index is 0.00000341. The second kappa shape index (κ2) is 23.7. The SMILES string of the molecule is N=C1N(CC(=O)Nc2ccc(NC(=O)CN3C[C@H](Cc4ccccc4)N(CCCC4CCCCC4)C3=N)cc2)C[C@H](Cc2ccccc2)N1CCCC1CCCCC1.S.S. The van der Waals surface area contributed by atoms with Crippen molar-refractivity contribution in [1.29, 1.82) is 10.8 Å². The molecule has 60 heavy (non-hydrogen) atoms. The molecule has 2 saturated carbocycles. The first-order valence-corrected chi connectivity index (χ1v) is 22.4. The van der Waals surface area contributed by atoms with Crippen molar-refractivity contribution in [1.82, 2.24) is 19.6 Å². The highest BCUT2D eigenvalue weighted by Crippen LogP contribution is 2.30. The van der Waals surface area contributed by atoms with Gasteiger partial charge >= 0.3 is 0 Å². The van der Waals surface area contributed by atoms with Crippen molar-refractivity contribution in [2.45, 2.75) is 115 Å². The molecule has 2 aliphatic carbocycles. The quantitative estimate of drug-likeness (QED) is 0.102. The number of carbonyl (C=O) groups is 2. The predicted octanol–water partition coefficient (Wildman–Crippen LogP) is 8.84. The number of nitrogens with zero attached hydrogens (tertiary/aromatic N) is 4. The van der Waals surface area contributed by atoms with Crippen molar-refractivity contribution in [3.8, 4) is 0 Å². The standard InChI is InChI=1S/C48H66N8O2.2H2S/c49-47-53(33-43(31-39-19-9-3-10-20-39)55(47)29-13-23-37-15-5-1-6-16-37)35-45(57)51-41-25-27-42(28-26-41)52-46(58)36-54-34-44(32-40-21-11-4-12-22-40)56(48(54)50)30-14-24-38-17-7-2-8-18-38;;/h3-4,9-12,19-22,25-28,37-38,43-44,49-50H,1-2,5-8,13-18,23-24,29-36H2,(H,51,57)(H,52,58);2*1H2/t43-,44-;;/m0../s1. The van der Waals surface area contributed by atoms with Crippen LogP contribution in [0.15, 0.2) is 84.9 Å². The van der Waals surface area contributed by atoms with Crippen LogP contribution in [0.3, 0.4) is 0 Å². The second-order valence-electron chi connectivity index (χ2n) is 17.4. The van der Waals surface area contributed by atoms with E-state index in [1.54, 1.807) is 24.3 Å². The maximum atomic E-state index is 13.3. The van der Waals surface area contributed by atoms with Crippen molar-refractivity contribution >= 4 is 62.1 Å². The summed E-state index contributed by atoms with van der Waals surface area (Å²) in [5.74, 6) is 2.19. The van der Waals surface area contributed by atoms with Crippen molar-refractivity contribution in [2.75, 3.05) is 49.9 Å². The van der Waals surface area contributed by atoms with Crippen LogP contribution in [0, 0.1) is 22.7 Å². The van der Waals surface area contributed by atoms with Gasteiger partial charge in [-0.3, -0.25) is 20.4 Å². The Morgan fingerprint density at radius 1 is 0.533 bits per heavy atom. The van der Waals surface area contributed by atoms with E-state index in [9.17, 15) is 9.59 Å². The minimum Gasteiger partial charge on any atom is -0.338 e. The zero-order chi connectivity index (χ0) is 40.1. The molecule has 3 aromatic rings. The van der Waals surface area contributed by atoms with E-state index in [4.69, 9.17) is 10.8 Å². The largest absolute Gasteiger partial charge is 0.338 e. The van der Waals surface area contributed by atoms with Crippen LogP contribution in [0.5, 0.6) is 0 Å². The van der Waals surface area contributed by atoms with Gasteiger partial charge in [-0.15, -0.1) is 0 Å². The van der Waals surface area contributed by atoms with Crippen LogP contribution in [0.2, 0.25) is 0 Å². The van der Waals surface area contributed by atoms with Crippen LogP contribution in [-0.4, -0.2) is 94.7 Å². The highest BCUT2D eigenvalue weighted by Gasteiger charge is 2.36. The van der Waals surface area contributed by atoms with E-state index < -0.39 is 0 Å². The molecule has 2 saturated heterocycles. The number of guanidine groups is 2. The fourth-order valence-electron chi connectivity index (χ4n) is 10.0. The van der Waals surface area contributed by atoms with Gasteiger partial charge in [0, 0.05) is 37.6 Å². The smallest absolute Gasteiger partial charge is 0.244 e. The van der Waals surface area contributed by atoms with Crippen molar-refractivity contribution < 1.29 is 9.59 Å². The Morgan fingerprint density at radius 3 is 1.27 bits per heavy atom. The predicted molar refractivity (Wildman–Crippen MR) is 256 cm³/mol. The van der Waals surface area contributed by atoms with E-state index in [1.807, 2.05) is 21.9 Å². The molecular weight excluding hydrogens is 785 g/mol. The maximum Gasteiger partial charge on any atom is 0.244 e. The number of rotatable bonds is 18. The number of benzene rings is 3. The number of amides is 2. The van der Waals surface area contributed by atoms with Gasteiger partial charge in [-0.2, -0.15) is 27.0 Å². The lowest BCUT2D eigenvalue weighted by molar-refractivity contribution is -0.117. The van der Waals surface area contributed by atoms with E-state index in [2.05, 4.69) is 69.0 Å². The number of hydrogen-bond acceptors (Lipinski definition) is 4. The summed E-state index contributed by atoms with van der Waals surface area (Å²) in [6, 6.07) is 28.5. The van der Waals surface area contributed by atoms with Gasteiger partial charge in [0.15, 0.2) is 11.9 Å². The van der Waals surface area contributed by atoms with Crippen molar-refractivity contribution in [2.24, 2.45) is 11.8 Å². The van der Waals surface area contributed by atoms with Gasteiger partial charge in [-0.05, 0) is 85.8 Å². The Hall–Kier alpha value is -4.16. The highest BCUT2D eigenvalue weighted by molar-refractivity contribution is 7.59. The average molecular weight is 855 g/mol. The molecule has 0 spiro atoms. The third-order valence-electron chi connectivity index (χ3n) is 13.1. The third-order valence-corrected chi connectivity index (χ3v) is 13.1. The lowest BCUT2D eigenvalue weighted by atomic mass is 9.86. The van der Waals surface area contributed by atoms with Gasteiger partial charge in [-0.1, -0.05) is 125 Å². The second-order valence-corrected chi connectivity index (χ2v) is 17.4. The number of carbonyl (C=O) groups excluding carboxylic acids is 2. The molecule has 7 rings (SSSR count). The fraction of sp³-hybridized carbons (Fsp3) is 0.542. The van der Waals surface area contributed by atoms with E-state index in [0.717, 1.165) is 50.6 Å². The summed E-state index contributed by atoms with van der Waals surface area (Å²) in [5, 5.41) is 24.2. The molecule has 2 heterocycles. The number of hydrogen-bond donors (Lipinski definition) is 4. The molecule has 12 heteroatoms. The molecule has 3 aromatic carbocycles. The van der Waals surface area contributed by atoms with E-state index >= 15 is 0 Å². The van der Waals surface area contributed by atoms with Gasteiger partial charge < -0.3 is 30.2 Å². The fourth-order valence-corrected chi connectivity index (χ4v) is 10.0. The van der Waals surface area contributed by atoms with E-state index in [0.29, 0.717) is 36.4 Å². The van der Waals surface area contributed by atoms with Gasteiger partial charge in [0.2, 0.25) is 11.8 Å². The Kier molecular flexibility index (Phi) is 18.6. The molecule has 4 aliphatic rings. The zero-order valence-corrected chi connectivity index (χ0v) is 37.6. The maximum absolute atomic E-state index is 13.3. The summed E-state index contributed by atoms with van der Waals surface area (Å²) < 4.78 is 0. The Labute approximate surface area is 373 Å². The molecule has 0 unspecified atom stereocenters. The van der Waals surface area contributed by atoms with Gasteiger partial charge in [0.25, 0.3) is 0 Å². The number of nitrogens with one attached hydrogen (secondary N) is 4. The summed E-state index contributed by atoms with van der Waals surface area (Å²) in [4.78, 5) is 35.0. The zero-order valence-electron chi connectivity index (χ0n) is 35.6. The van der Waals surface area contributed by atoms with Crippen molar-refractivity contribution in [3.63, 3.8) is 0 Å². The van der Waals surface area contributed by atoms with E-state index in [1.165, 1.54) is 88.2 Å². The first kappa shape index (κ1) is 46.9. The average Bonchev–Trinajstić information content (AvgIpc) is 3.68. The van der Waals surface area contributed by atoms with Crippen LogP contribution >= 0.6 is 27.0 Å². The minimum atomic E-state index is -0.162.